The van der Waals surface area contributed by atoms with Crippen LogP contribution in [0.5, 0.6) is 0 Å². The molecule has 0 radical (unpaired) electrons. The zero-order valence-electron chi connectivity index (χ0n) is 10.5. The van der Waals surface area contributed by atoms with E-state index in [1.54, 1.807) is 18.2 Å². The highest BCUT2D eigenvalue weighted by atomic mass is 35.5. The van der Waals surface area contributed by atoms with Crippen molar-refractivity contribution in [2.45, 2.75) is 6.92 Å². The normalized spacial score (nSPS) is 10.2. The Morgan fingerprint density at radius 3 is 2.50 bits per heavy atom. The van der Waals surface area contributed by atoms with Crippen LogP contribution in [0.1, 0.15) is 5.56 Å². The molecule has 20 heavy (non-hydrogen) atoms. The molecular formula is C14H11Cl2FN2O. The maximum absolute atomic E-state index is 13.1. The smallest absolute Gasteiger partial charge is 0.308 e. The van der Waals surface area contributed by atoms with Crippen LogP contribution < -0.4 is 10.6 Å². The van der Waals surface area contributed by atoms with E-state index in [-0.39, 0.29) is 10.7 Å². The van der Waals surface area contributed by atoms with Crippen LogP contribution in [0.4, 0.5) is 20.6 Å². The van der Waals surface area contributed by atoms with Gasteiger partial charge >= 0.3 is 6.03 Å². The first kappa shape index (κ1) is 14.6. The number of nitrogens with one attached hydrogen (secondary N) is 2. The number of amides is 2. The standard InChI is InChI=1S/C14H11Cl2FN2O/c1-8-2-4-10(7-12(8)16)18-14(20)19-13-6-9(17)3-5-11(13)15/h2-7H,1H3,(H2,18,19,20). The molecule has 3 nitrogen and oxygen atoms in total. The number of halogens is 3. The van der Waals surface area contributed by atoms with E-state index in [0.29, 0.717) is 10.7 Å². The second kappa shape index (κ2) is 6.11. The second-order valence-corrected chi connectivity index (χ2v) is 4.98. The molecule has 2 aromatic rings. The van der Waals surface area contributed by atoms with Gasteiger partial charge in [-0.15, -0.1) is 0 Å². The van der Waals surface area contributed by atoms with Gasteiger partial charge in [0.25, 0.3) is 0 Å². The van der Waals surface area contributed by atoms with Crippen LogP contribution in [-0.4, -0.2) is 6.03 Å². The van der Waals surface area contributed by atoms with Crippen molar-refractivity contribution >= 4 is 40.6 Å². The van der Waals surface area contributed by atoms with Gasteiger partial charge in [0.2, 0.25) is 0 Å². The Hall–Kier alpha value is -1.78. The van der Waals surface area contributed by atoms with Gasteiger partial charge in [0, 0.05) is 10.7 Å². The van der Waals surface area contributed by atoms with Gasteiger partial charge in [0.1, 0.15) is 5.82 Å². The molecule has 2 rings (SSSR count). The summed E-state index contributed by atoms with van der Waals surface area (Å²) < 4.78 is 13.1. The molecule has 0 aliphatic rings. The Bertz CT molecular complexity index is 662. The first-order chi connectivity index (χ1) is 9.45. The molecule has 0 saturated carbocycles. The summed E-state index contributed by atoms with van der Waals surface area (Å²) in [5.74, 6) is -0.483. The third-order valence-corrected chi connectivity index (χ3v) is 3.34. The summed E-state index contributed by atoms with van der Waals surface area (Å²) >= 11 is 11.8. The van der Waals surface area contributed by atoms with Gasteiger partial charge in [0.05, 0.1) is 10.7 Å². The van der Waals surface area contributed by atoms with Gasteiger partial charge < -0.3 is 10.6 Å². The van der Waals surface area contributed by atoms with Gasteiger partial charge in [-0.3, -0.25) is 0 Å². The van der Waals surface area contributed by atoms with Crippen molar-refractivity contribution in [1.29, 1.82) is 0 Å². The number of aryl methyl sites for hydroxylation is 1. The zero-order valence-corrected chi connectivity index (χ0v) is 12.0. The molecule has 0 aliphatic heterocycles. The number of anilines is 2. The van der Waals surface area contributed by atoms with Crippen LogP contribution >= 0.6 is 23.2 Å². The maximum atomic E-state index is 13.1. The molecule has 0 atom stereocenters. The Morgan fingerprint density at radius 2 is 1.80 bits per heavy atom. The summed E-state index contributed by atoms with van der Waals surface area (Å²) in [5.41, 5.74) is 1.64. The molecule has 6 heteroatoms. The van der Waals surface area contributed by atoms with Gasteiger partial charge in [-0.05, 0) is 42.8 Å². The zero-order chi connectivity index (χ0) is 14.7. The van der Waals surface area contributed by atoms with Crippen LogP contribution in [0.2, 0.25) is 10.0 Å². The van der Waals surface area contributed by atoms with Gasteiger partial charge in [0.15, 0.2) is 0 Å². The van der Waals surface area contributed by atoms with Crippen molar-refractivity contribution in [2.75, 3.05) is 10.6 Å². The summed E-state index contributed by atoms with van der Waals surface area (Å²) in [4.78, 5) is 11.8. The summed E-state index contributed by atoms with van der Waals surface area (Å²) in [7, 11) is 0. The predicted octanol–water partition coefficient (Wildman–Crippen LogP) is 5.08. The number of rotatable bonds is 2. The van der Waals surface area contributed by atoms with Crippen LogP contribution in [0.15, 0.2) is 36.4 Å². The van der Waals surface area contributed by atoms with E-state index in [9.17, 15) is 9.18 Å². The predicted molar refractivity (Wildman–Crippen MR) is 80.2 cm³/mol. The van der Waals surface area contributed by atoms with Crippen LogP contribution in [-0.2, 0) is 0 Å². The Balaban J connectivity index is 2.09. The third kappa shape index (κ3) is 3.62. The van der Waals surface area contributed by atoms with Crippen molar-refractivity contribution in [3.63, 3.8) is 0 Å². The largest absolute Gasteiger partial charge is 0.323 e. The molecular weight excluding hydrogens is 302 g/mol. The van der Waals surface area contributed by atoms with E-state index in [0.717, 1.165) is 11.6 Å². The second-order valence-electron chi connectivity index (χ2n) is 4.17. The molecule has 0 heterocycles. The third-order valence-electron chi connectivity index (χ3n) is 2.61. The lowest BCUT2D eigenvalue weighted by molar-refractivity contribution is 0.262. The minimum Gasteiger partial charge on any atom is -0.308 e. The fourth-order valence-electron chi connectivity index (χ4n) is 1.55. The van der Waals surface area contributed by atoms with Crippen molar-refractivity contribution in [3.05, 3.63) is 57.8 Å². The van der Waals surface area contributed by atoms with Gasteiger partial charge in [-0.1, -0.05) is 29.3 Å². The lowest BCUT2D eigenvalue weighted by atomic mass is 10.2. The number of carbonyl (C=O) groups excluding carboxylic acids is 1. The molecule has 0 unspecified atom stereocenters. The highest BCUT2D eigenvalue weighted by Crippen LogP contribution is 2.23. The van der Waals surface area contributed by atoms with Crippen LogP contribution in [0.25, 0.3) is 0 Å². The fraction of sp³-hybridized carbons (Fsp3) is 0.0714. The van der Waals surface area contributed by atoms with Crippen molar-refractivity contribution in [2.24, 2.45) is 0 Å². The Morgan fingerprint density at radius 1 is 1.05 bits per heavy atom. The first-order valence-corrected chi connectivity index (χ1v) is 6.50. The number of urea groups is 1. The average Bonchev–Trinajstić information content (AvgIpc) is 2.38. The minimum absolute atomic E-state index is 0.197. The Labute approximate surface area is 125 Å². The van der Waals surface area contributed by atoms with Gasteiger partial charge in [-0.25, -0.2) is 9.18 Å². The Kier molecular flexibility index (Phi) is 4.47. The monoisotopic (exact) mass is 312 g/mol. The quantitative estimate of drug-likeness (QED) is 0.797. The van der Waals surface area contributed by atoms with Crippen molar-refractivity contribution in [1.82, 2.24) is 0 Å². The molecule has 2 N–H and O–H groups in total. The first-order valence-electron chi connectivity index (χ1n) is 5.75. The van der Waals surface area contributed by atoms with Crippen molar-refractivity contribution < 1.29 is 9.18 Å². The highest BCUT2D eigenvalue weighted by molar-refractivity contribution is 6.34. The lowest BCUT2D eigenvalue weighted by Crippen LogP contribution is -2.19. The molecule has 0 aliphatic carbocycles. The summed E-state index contributed by atoms with van der Waals surface area (Å²) in [6.07, 6.45) is 0. The fourth-order valence-corrected chi connectivity index (χ4v) is 1.89. The number of hydrogen-bond acceptors (Lipinski definition) is 1. The SMILES string of the molecule is Cc1ccc(NC(=O)Nc2cc(F)ccc2Cl)cc1Cl. The van der Waals surface area contributed by atoms with Gasteiger partial charge in [-0.2, -0.15) is 0 Å². The number of hydrogen-bond donors (Lipinski definition) is 2. The van der Waals surface area contributed by atoms with E-state index in [4.69, 9.17) is 23.2 Å². The van der Waals surface area contributed by atoms with E-state index >= 15 is 0 Å². The van der Waals surface area contributed by atoms with Crippen LogP contribution in [0, 0.1) is 12.7 Å². The van der Waals surface area contributed by atoms with E-state index in [1.807, 2.05) is 6.92 Å². The molecule has 0 spiro atoms. The number of benzene rings is 2. The molecule has 2 aromatic carbocycles. The van der Waals surface area contributed by atoms with Crippen molar-refractivity contribution in [3.8, 4) is 0 Å². The summed E-state index contributed by atoms with van der Waals surface area (Å²) in [5, 5.41) is 5.86. The average molecular weight is 313 g/mol. The molecule has 0 bridgehead atoms. The lowest BCUT2D eigenvalue weighted by Gasteiger charge is -2.10. The molecule has 2 amide bonds. The molecule has 0 aromatic heterocycles. The van der Waals surface area contributed by atoms with E-state index < -0.39 is 11.8 Å². The van der Waals surface area contributed by atoms with E-state index in [1.165, 1.54) is 12.1 Å². The number of carbonyl (C=O) groups is 1. The minimum atomic E-state index is -0.530. The summed E-state index contributed by atoms with van der Waals surface area (Å²) in [6.45, 7) is 1.86. The molecule has 0 saturated heterocycles. The van der Waals surface area contributed by atoms with Crippen LogP contribution in [0.3, 0.4) is 0 Å². The molecule has 104 valence electrons. The van der Waals surface area contributed by atoms with E-state index in [2.05, 4.69) is 10.6 Å². The maximum Gasteiger partial charge on any atom is 0.323 e. The highest BCUT2D eigenvalue weighted by Gasteiger charge is 2.08. The summed E-state index contributed by atoms with van der Waals surface area (Å²) in [6, 6.07) is 8.33. The molecule has 0 fully saturated rings. The topological polar surface area (TPSA) is 41.1 Å².